The van der Waals surface area contributed by atoms with Crippen molar-refractivity contribution in [3.05, 3.63) is 12.2 Å². The van der Waals surface area contributed by atoms with E-state index in [-0.39, 0.29) is 30.3 Å². The van der Waals surface area contributed by atoms with Crippen LogP contribution < -0.4 is 5.32 Å². The Hall–Kier alpha value is -1.53. The number of hydrogen-bond acceptors (Lipinski definition) is 2. The molecule has 0 unspecified atom stereocenters. The van der Waals surface area contributed by atoms with Gasteiger partial charge in [0.1, 0.15) is 0 Å². The third-order valence-corrected chi connectivity index (χ3v) is 3.44. The maximum atomic E-state index is 12.3. The van der Waals surface area contributed by atoms with E-state index in [1.165, 1.54) is 6.08 Å². The molecule has 1 rings (SSSR count). The summed E-state index contributed by atoms with van der Waals surface area (Å²) in [5.74, 6) is -1.88. The smallest absolute Gasteiger partial charge is 0.352 e. The zero-order chi connectivity index (χ0) is 17.0. The number of carbonyl (C=O) groups is 2. The number of rotatable bonds is 3. The average molecular weight is 320 g/mol. The number of allylic oxidation sites excluding steroid dienone is 1. The number of nitrogens with one attached hydrogen (secondary N) is 1. The molecule has 1 fully saturated rings. The maximum Gasteiger partial charge on any atom is 0.471 e. The van der Waals surface area contributed by atoms with Crippen LogP contribution in [0.2, 0.25) is 0 Å². The molecular weight excluding hydrogens is 297 g/mol. The summed E-state index contributed by atoms with van der Waals surface area (Å²) in [6, 6.07) is 0. The summed E-state index contributed by atoms with van der Waals surface area (Å²) in [6.45, 7) is 6.51. The third-order valence-electron chi connectivity index (χ3n) is 3.44. The molecule has 0 aromatic carbocycles. The van der Waals surface area contributed by atoms with Crippen molar-refractivity contribution in [3.8, 4) is 0 Å². The Morgan fingerprint density at radius 1 is 1.18 bits per heavy atom. The van der Waals surface area contributed by atoms with E-state index in [2.05, 4.69) is 5.32 Å². The molecule has 126 valence electrons. The number of amides is 2. The lowest BCUT2D eigenvalue weighted by Crippen LogP contribution is -2.46. The molecule has 1 aliphatic rings. The van der Waals surface area contributed by atoms with Crippen LogP contribution in [0.4, 0.5) is 13.2 Å². The highest BCUT2D eigenvalue weighted by Gasteiger charge is 2.43. The standard InChI is InChI=1S/C15H23F3N2O2/c1-14(2,3)7-4-12(21)19-10-11-5-8-20(9-6-11)13(22)15(16,17)18/h4,7,11H,5-6,8-10H2,1-3H3,(H,19,21)/b7-4+. The van der Waals surface area contributed by atoms with Crippen LogP contribution in [0.5, 0.6) is 0 Å². The first-order valence-corrected chi connectivity index (χ1v) is 7.32. The van der Waals surface area contributed by atoms with E-state index in [0.717, 1.165) is 4.90 Å². The van der Waals surface area contributed by atoms with Crippen LogP contribution in [-0.2, 0) is 9.59 Å². The summed E-state index contributed by atoms with van der Waals surface area (Å²) < 4.78 is 36.9. The lowest BCUT2D eigenvalue weighted by atomic mass is 9.95. The SMILES string of the molecule is CC(C)(C)/C=C/C(=O)NCC1CCN(C(=O)C(F)(F)F)CC1. The molecule has 22 heavy (non-hydrogen) atoms. The highest BCUT2D eigenvalue weighted by Crippen LogP contribution is 2.23. The van der Waals surface area contributed by atoms with Gasteiger partial charge in [0.25, 0.3) is 0 Å². The quantitative estimate of drug-likeness (QED) is 0.812. The van der Waals surface area contributed by atoms with Crippen molar-refractivity contribution in [1.82, 2.24) is 10.2 Å². The monoisotopic (exact) mass is 320 g/mol. The van der Waals surface area contributed by atoms with Gasteiger partial charge in [-0.3, -0.25) is 9.59 Å². The van der Waals surface area contributed by atoms with E-state index in [9.17, 15) is 22.8 Å². The Morgan fingerprint density at radius 3 is 2.18 bits per heavy atom. The topological polar surface area (TPSA) is 49.4 Å². The number of hydrogen-bond donors (Lipinski definition) is 1. The van der Waals surface area contributed by atoms with Gasteiger partial charge in [0, 0.05) is 19.6 Å². The van der Waals surface area contributed by atoms with E-state index in [0.29, 0.717) is 19.4 Å². The number of likely N-dealkylation sites (tertiary alicyclic amines) is 1. The minimum Gasteiger partial charge on any atom is -0.352 e. The van der Waals surface area contributed by atoms with Crippen LogP contribution in [0.15, 0.2) is 12.2 Å². The minimum atomic E-state index is -4.81. The summed E-state index contributed by atoms with van der Waals surface area (Å²) in [5, 5.41) is 2.75. The molecule has 0 aromatic heterocycles. The van der Waals surface area contributed by atoms with E-state index in [1.807, 2.05) is 20.8 Å². The van der Waals surface area contributed by atoms with Gasteiger partial charge in [0.2, 0.25) is 5.91 Å². The molecule has 0 aromatic rings. The molecule has 1 saturated heterocycles. The Labute approximate surface area is 128 Å². The van der Waals surface area contributed by atoms with Crippen molar-refractivity contribution < 1.29 is 22.8 Å². The minimum absolute atomic E-state index is 0.0801. The van der Waals surface area contributed by atoms with E-state index in [1.54, 1.807) is 6.08 Å². The molecule has 0 aliphatic carbocycles. The van der Waals surface area contributed by atoms with Crippen LogP contribution in [0.3, 0.4) is 0 Å². The van der Waals surface area contributed by atoms with Crippen molar-refractivity contribution >= 4 is 11.8 Å². The molecule has 0 spiro atoms. The zero-order valence-electron chi connectivity index (χ0n) is 13.2. The van der Waals surface area contributed by atoms with Gasteiger partial charge in [-0.25, -0.2) is 0 Å². The van der Waals surface area contributed by atoms with Gasteiger partial charge in [-0.1, -0.05) is 26.8 Å². The summed E-state index contributed by atoms with van der Waals surface area (Å²) in [7, 11) is 0. The van der Waals surface area contributed by atoms with Gasteiger partial charge in [-0.05, 0) is 30.3 Å². The van der Waals surface area contributed by atoms with E-state index in [4.69, 9.17) is 0 Å². The lowest BCUT2D eigenvalue weighted by molar-refractivity contribution is -0.186. The van der Waals surface area contributed by atoms with Crippen LogP contribution in [0.1, 0.15) is 33.6 Å². The van der Waals surface area contributed by atoms with Crippen LogP contribution >= 0.6 is 0 Å². The molecule has 4 nitrogen and oxygen atoms in total. The fourth-order valence-electron chi connectivity index (χ4n) is 2.15. The fourth-order valence-corrected chi connectivity index (χ4v) is 2.15. The Bertz CT molecular complexity index is 431. The average Bonchev–Trinajstić information content (AvgIpc) is 2.41. The normalized spacial score (nSPS) is 17.8. The van der Waals surface area contributed by atoms with Gasteiger partial charge < -0.3 is 10.2 Å². The van der Waals surface area contributed by atoms with Crippen molar-refractivity contribution in [3.63, 3.8) is 0 Å². The predicted molar refractivity (Wildman–Crippen MR) is 77.0 cm³/mol. The van der Waals surface area contributed by atoms with Crippen LogP contribution in [0, 0.1) is 11.3 Å². The molecule has 2 amide bonds. The first-order valence-electron chi connectivity index (χ1n) is 7.32. The second-order valence-corrected chi connectivity index (χ2v) is 6.68. The second kappa shape index (κ2) is 7.15. The second-order valence-electron chi connectivity index (χ2n) is 6.68. The molecule has 1 N–H and O–H groups in total. The third kappa shape index (κ3) is 6.49. The fraction of sp³-hybridized carbons (Fsp3) is 0.733. The molecule has 0 saturated carbocycles. The number of nitrogens with zero attached hydrogens (tertiary/aromatic N) is 1. The number of alkyl halides is 3. The summed E-state index contributed by atoms with van der Waals surface area (Å²) in [6.07, 6.45) is -0.607. The molecule has 0 bridgehead atoms. The molecule has 1 aliphatic heterocycles. The summed E-state index contributed by atoms with van der Waals surface area (Å²) in [5.41, 5.74) is -0.0827. The zero-order valence-corrected chi connectivity index (χ0v) is 13.2. The van der Waals surface area contributed by atoms with Gasteiger partial charge >= 0.3 is 12.1 Å². The first kappa shape index (κ1) is 18.5. The lowest BCUT2D eigenvalue weighted by Gasteiger charge is -2.32. The van der Waals surface area contributed by atoms with Crippen molar-refractivity contribution in [1.29, 1.82) is 0 Å². The molecule has 0 radical (unpaired) electrons. The number of piperidine rings is 1. The van der Waals surface area contributed by atoms with Gasteiger partial charge in [-0.2, -0.15) is 13.2 Å². The van der Waals surface area contributed by atoms with Crippen molar-refractivity contribution in [2.45, 2.75) is 39.8 Å². The highest BCUT2D eigenvalue weighted by molar-refractivity contribution is 5.87. The summed E-state index contributed by atoms with van der Waals surface area (Å²) in [4.78, 5) is 23.5. The summed E-state index contributed by atoms with van der Waals surface area (Å²) >= 11 is 0. The number of halogens is 3. The van der Waals surface area contributed by atoms with Gasteiger partial charge in [0.05, 0.1) is 0 Å². The number of carbonyl (C=O) groups excluding carboxylic acids is 2. The molecule has 1 heterocycles. The maximum absolute atomic E-state index is 12.3. The predicted octanol–water partition coefficient (Wildman–Crippen LogP) is 2.51. The molecule has 7 heteroatoms. The first-order chi connectivity index (χ1) is 9.99. The largest absolute Gasteiger partial charge is 0.471 e. The van der Waals surface area contributed by atoms with E-state index < -0.39 is 12.1 Å². The Balaban J connectivity index is 2.33. The van der Waals surface area contributed by atoms with Crippen LogP contribution in [0.25, 0.3) is 0 Å². The molecular formula is C15H23F3N2O2. The molecule has 0 atom stereocenters. The van der Waals surface area contributed by atoms with E-state index >= 15 is 0 Å². The Kier molecular flexibility index (Phi) is 6.02. The van der Waals surface area contributed by atoms with Gasteiger partial charge in [-0.15, -0.1) is 0 Å². The Morgan fingerprint density at radius 2 is 1.73 bits per heavy atom. The van der Waals surface area contributed by atoms with Crippen molar-refractivity contribution in [2.24, 2.45) is 11.3 Å². The van der Waals surface area contributed by atoms with Crippen molar-refractivity contribution in [2.75, 3.05) is 19.6 Å². The van der Waals surface area contributed by atoms with Crippen LogP contribution in [-0.4, -0.2) is 42.5 Å². The van der Waals surface area contributed by atoms with Gasteiger partial charge in [0.15, 0.2) is 0 Å². The highest BCUT2D eigenvalue weighted by atomic mass is 19.4.